The van der Waals surface area contributed by atoms with E-state index in [1.807, 2.05) is 52.0 Å². The number of hydrogen-bond acceptors (Lipinski definition) is 5. The molecule has 0 saturated carbocycles. The van der Waals surface area contributed by atoms with Gasteiger partial charge >= 0.3 is 6.09 Å². The largest absolute Gasteiger partial charge is 0.444 e. The van der Waals surface area contributed by atoms with E-state index in [2.05, 4.69) is 10.6 Å². The van der Waals surface area contributed by atoms with Crippen molar-refractivity contribution in [3.63, 3.8) is 0 Å². The van der Waals surface area contributed by atoms with Crippen LogP contribution in [0.15, 0.2) is 36.4 Å². The number of para-hydroxylation sites is 1. The SMILES string of the molecule is CCCCN(C(=O)C(CO)NC(=O)OC(C)(C)C)C(C(=O)Nc1c(C)cccc1Cl)c1c(C)cccc1C. The molecule has 2 aromatic rings. The maximum absolute atomic E-state index is 14.0. The Morgan fingerprint density at radius 2 is 1.61 bits per heavy atom. The second-order valence-electron chi connectivity index (χ2n) is 10.4. The van der Waals surface area contributed by atoms with E-state index < -0.39 is 42.2 Å². The van der Waals surface area contributed by atoms with Gasteiger partial charge in [0.1, 0.15) is 17.7 Å². The maximum atomic E-state index is 14.0. The highest BCUT2D eigenvalue weighted by Gasteiger charge is 2.37. The van der Waals surface area contributed by atoms with Gasteiger partial charge in [0.05, 0.1) is 17.3 Å². The number of hydrogen-bond donors (Lipinski definition) is 3. The second kappa shape index (κ2) is 13.6. The first-order chi connectivity index (χ1) is 17.8. The van der Waals surface area contributed by atoms with E-state index in [-0.39, 0.29) is 6.54 Å². The zero-order valence-electron chi connectivity index (χ0n) is 23.4. The van der Waals surface area contributed by atoms with Crippen LogP contribution in [0.1, 0.15) is 68.8 Å². The first-order valence-electron chi connectivity index (χ1n) is 12.8. The van der Waals surface area contributed by atoms with Crippen LogP contribution >= 0.6 is 11.6 Å². The first-order valence-corrected chi connectivity index (χ1v) is 13.2. The summed E-state index contributed by atoms with van der Waals surface area (Å²) in [6.45, 7) is 12.3. The van der Waals surface area contributed by atoms with E-state index in [9.17, 15) is 19.5 Å². The van der Waals surface area contributed by atoms with Crippen LogP contribution in [0, 0.1) is 20.8 Å². The van der Waals surface area contributed by atoms with E-state index in [1.54, 1.807) is 32.9 Å². The third-order valence-corrected chi connectivity index (χ3v) is 6.37. The van der Waals surface area contributed by atoms with Gasteiger partial charge in [-0.25, -0.2) is 4.79 Å². The van der Waals surface area contributed by atoms with Gasteiger partial charge in [0.2, 0.25) is 5.91 Å². The molecule has 0 aliphatic carbocycles. The molecule has 8 nitrogen and oxygen atoms in total. The van der Waals surface area contributed by atoms with Gasteiger partial charge in [0, 0.05) is 6.54 Å². The monoisotopic (exact) mass is 545 g/mol. The second-order valence-corrected chi connectivity index (χ2v) is 10.8. The van der Waals surface area contributed by atoms with Crippen LogP contribution in [0.3, 0.4) is 0 Å². The molecule has 2 unspecified atom stereocenters. The van der Waals surface area contributed by atoms with Gasteiger partial charge in [-0.2, -0.15) is 0 Å². The summed E-state index contributed by atoms with van der Waals surface area (Å²) >= 11 is 6.41. The van der Waals surface area contributed by atoms with Gasteiger partial charge in [-0.05, 0) is 76.3 Å². The van der Waals surface area contributed by atoms with Crippen LogP contribution in [0.2, 0.25) is 5.02 Å². The highest BCUT2D eigenvalue weighted by atomic mass is 35.5. The zero-order valence-corrected chi connectivity index (χ0v) is 24.1. The lowest BCUT2D eigenvalue weighted by Gasteiger charge is -2.35. The van der Waals surface area contributed by atoms with Crippen LogP contribution in [0.4, 0.5) is 10.5 Å². The summed E-state index contributed by atoms with van der Waals surface area (Å²) in [6, 6.07) is 8.63. The molecule has 0 fully saturated rings. The molecule has 2 aromatic carbocycles. The molecule has 0 radical (unpaired) electrons. The van der Waals surface area contributed by atoms with Crippen molar-refractivity contribution in [2.24, 2.45) is 0 Å². The number of nitrogens with zero attached hydrogens (tertiary/aromatic N) is 1. The average Bonchev–Trinajstić information content (AvgIpc) is 2.82. The van der Waals surface area contributed by atoms with Crippen molar-refractivity contribution in [3.05, 3.63) is 63.7 Å². The molecule has 0 aliphatic rings. The number of nitrogens with one attached hydrogen (secondary N) is 2. The number of aliphatic hydroxyl groups excluding tert-OH is 1. The molecule has 0 bridgehead atoms. The summed E-state index contributed by atoms with van der Waals surface area (Å²) in [5.41, 5.74) is 2.78. The smallest absolute Gasteiger partial charge is 0.408 e. The molecule has 208 valence electrons. The van der Waals surface area contributed by atoms with Gasteiger partial charge < -0.3 is 25.4 Å². The molecule has 2 atom stereocenters. The van der Waals surface area contributed by atoms with Crippen molar-refractivity contribution >= 4 is 35.2 Å². The normalized spacial score (nSPS) is 12.9. The molecule has 3 N–H and O–H groups in total. The standard InChI is InChI=1S/C29H40ClN3O5/c1-8-9-16-33(27(36)22(17-34)31-28(37)38-29(5,6)7)25(23-18(2)12-10-13-19(23)3)26(35)32-24-20(4)14-11-15-21(24)30/h10-15,22,25,34H,8-9,16-17H2,1-7H3,(H,31,37)(H,32,35). The third kappa shape index (κ3) is 8.20. The minimum Gasteiger partial charge on any atom is -0.444 e. The third-order valence-electron chi connectivity index (χ3n) is 6.05. The van der Waals surface area contributed by atoms with Crippen molar-refractivity contribution < 1.29 is 24.2 Å². The van der Waals surface area contributed by atoms with Gasteiger partial charge in [0.25, 0.3) is 5.91 Å². The molecule has 2 rings (SSSR count). The van der Waals surface area contributed by atoms with E-state index in [0.29, 0.717) is 22.7 Å². The number of ether oxygens (including phenoxy) is 1. The molecule has 9 heteroatoms. The summed E-state index contributed by atoms with van der Waals surface area (Å²) in [5, 5.41) is 15.9. The van der Waals surface area contributed by atoms with Crippen molar-refractivity contribution in [1.29, 1.82) is 0 Å². The Kier molecular flexibility index (Phi) is 11.2. The fraction of sp³-hybridized carbons (Fsp3) is 0.483. The Labute approximate surface area is 230 Å². The number of amides is 3. The molecule has 0 heterocycles. The van der Waals surface area contributed by atoms with Gasteiger partial charge in [-0.3, -0.25) is 9.59 Å². The number of rotatable bonds is 10. The van der Waals surface area contributed by atoms with Crippen LogP contribution < -0.4 is 10.6 Å². The molecule has 38 heavy (non-hydrogen) atoms. The number of aryl methyl sites for hydroxylation is 3. The number of halogens is 1. The zero-order chi connectivity index (χ0) is 28.6. The Morgan fingerprint density at radius 3 is 2.13 bits per heavy atom. The first kappa shape index (κ1) is 31.1. The van der Waals surface area contributed by atoms with Crippen molar-refractivity contribution in [2.45, 2.75) is 79.0 Å². The molecule has 0 saturated heterocycles. The van der Waals surface area contributed by atoms with E-state index in [4.69, 9.17) is 16.3 Å². The number of alkyl carbamates (subject to hydrolysis) is 1. The van der Waals surface area contributed by atoms with Gasteiger partial charge in [0.15, 0.2) is 0 Å². The number of carbonyl (C=O) groups excluding carboxylic acids is 3. The summed E-state index contributed by atoms with van der Waals surface area (Å²) < 4.78 is 5.29. The Bertz CT molecular complexity index is 1110. The predicted octanol–water partition coefficient (Wildman–Crippen LogP) is 5.46. The van der Waals surface area contributed by atoms with Crippen LogP contribution in [-0.2, 0) is 14.3 Å². The Hall–Kier alpha value is -3.10. The van der Waals surface area contributed by atoms with Crippen molar-refractivity contribution in [1.82, 2.24) is 10.2 Å². The number of aliphatic hydroxyl groups is 1. The Balaban J connectivity index is 2.58. The highest BCUT2D eigenvalue weighted by molar-refractivity contribution is 6.34. The fourth-order valence-electron chi connectivity index (χ4n) is 4.20. The predicted molar refractivity (Wildman–Crippen MR) is 150 cm³/mol. The Morgan fingerprint density at radius 1 is 1.03 bits per heavy atom. The summed E-state index contributed by atoms with van der Waals surface area (Å²) in [4.78, 5) is 41.8. The van der Waals surface area contributed by atoms with Crippen molar-refractivity contribution in [3.8, 4) is 0 Å². The minimum atomic E-state index is -1.30. The van der Waals surface area contributed by atoms with Crippen molar-refractivity contribution in [2.75, 3.05) is 18.5 Å². The fourth-order valence-corrected chi connectivity index (χ4v) is 4.47. The topological polar surface area (TPSA) is 108 Å². The lowest BCUT2D eigenvalue weighted by Crippen LogP contribution is -2.54. The molecular weight excluding hydrogens is 506 g/mol. The van der Waals surface area contributed by atoms with E-state index in [0.717, 1.165) is 23.1 Å². The lowest BCUT2D eigenvalue weighted by molar-refractivity contribution is -0.141. The van der Waals surface area contributed by atoms with E-state index >= 15 is 0 Å². The number of benzene rings is 2. The van der Waals surface area contributed by atoms with E-state index in [1.165, 1.54) is 4.90 Å². The number of unbranched alkanes of at least 4 members (excludes halogenated alkanes) is 1. The number of anilines is 1. The van der Waals surface area contributed by atoms with Gasteiger partial charge in [-0.1, -0.05) is 55.3 Å². The quantitative estimate of drug-likeness (QED) is 0.367. The molecule has 3 amide bonds. The number of carbonyl (C=O) groups is 3. The van der Waals surface area contributed by atoms with Crippen LogP contribution in [0.25, 0.3) is 0 Å². The lowest BCUT2D eigenvalue weighted by atomic mass is 9.93. The maximum Gasteiger partial charge on any atom is 0.408 e. The molecule has 0 aliphatic heterocycles. The summed E-state index contributed by atoms with van der Waals surface area (Å²) in [7, 11) is 0. The average molecular weight is 546 g/mol. The molecule has 0 spiro atoms. The van der Waals surface area contributed by atoms with Gasteiger partial charge in [-0.15, -0.1) is 0 Å². The molecular formula is C29H40ClN3O5. The highest BCUT2D eigenvalue weighted by Crippen LogP contribution is 2.32. The summed E-state index contributed by atoms with van der Waals surface area (Å²) in [5.74, 6) is -1.04. The van der Waals surface area contributed by atoms with Crippen LogP contribution in [0.5, 0.6) is 0 Å². The molecule has 0 aromatic heterocycles. The minimum absolute atomic E-state index is 0.231. The van der Waals surface area contributed by atoms with Crippen LogP contribution in [-0.4, -0.2) is 52.7 Å². The summed E-state index contributed by atoms with van der Waals surface area (Å²) in [6.07, 6.45) is 0.536.